The number of ether oxygens (including phenoxy) is 1. The quantitative estimate of drug-likeness (QED) is 0.507. The molecule has 1 unspecified atom stereocenters. The summed E-state index contributed by atoms with van der Waals surface area (Å²) in [5.74, 6) is -2.29. The van der Waals surface area contributed by atoms with Gasteiger partial charge in [-0.05, 0) is 0 Å². The molecule has 1 aliphatic rings. The van der Waals surface area contributed by atoms with Crippen molar-refractivity contribution in [2.45, 2.75) is 19.2 Å². The minimum absolute atomic E-state index is 0.144. The van der Waals surface area contributed by atoms with Crippen LogP contribution in [0.3, 0.4) is 0 Å². The van der Waals surface area contributed by atoms with E-state index in [1.54, 1.807) is 6.92 Å². The van der Waals surface area contributed by atoms with E-state index < -0.39 is 11.8 Å². The summed E-state index contributed by atoms with van der Waals surface area (Å²) >= 11 is 0. The number of nitrogens with one attached hydrogen (secondary N) is 1. The maximum absolute atomic E-state index is 10.3. The molecule has 1 aliphatic heterocycles. The van der Waals surface area contributed by atoms with Crippen molar-refractivity contribution in [3.8, 4) is 0 Å². The molecular weight excluding hydrogens is 148 g/mol. The van der Waals surface area contributed by atoms with E-state index in [0.717, 1.165) is 0 Å². The van der Waals surface area contributed by atoms with Gasteiger partial charge in [0.25, 0.3) is 0 Å². The average molecular weight is 158 g/mol. The molecule has 0 aromatic heterocycles. The van der Waals surface area contributed by atoms with Crippen molar-refractivity contribution in [3.05, 3.63) is 12.0 Å². The van der Waals surface area contributed by atoms with E-state index >= 15 is 0 Å². The summed E-state index contributed by atoms with van der Waals surface area (Å²) in [6, 6.07) is 0. The van der Waals surface area contributed by atoms with Gasteiger partial charge < -0.3 is 15.2 Å². The highest BCUT2D eigenvalue weighted by atomic mass is 16.6. The second kappa shape index (κ2) is 2.43. The zero-order valence-electron chi connectivity index (χ0n) is 6.13. The third-order valence-electron chi connectivity index (χ3n) is 1.48. The summed E-state index contributed by atoms with van der Waals surface area (Å²) in [5, 5.41) is 11.1. The van der Waals surface area contributed by atoms with Gasteiger partial charge in [0.1, 0.15) is 0 Å². The predicted molar refractivity (Wildman–Crippen MR) is 37.1 cm³/mol. The first-order valence-corrected chi connectivity index (χ1v) is 3.26. The molecule has 5 nitrogen and oxygen atoms in total. The van der Waals surface area contributed by atoms with Crippen molar-refractivity contribution in [2.24, 2.45) is 5.73 Å². The third kappa shape index (κ3) is 1.43. The Balaban J connectivity index is 2.62. The lowest BCUT2D eigenvalue weighted by atomic mass is 10.3. The van der Waals surface area contributed by atoms with Gasteiger partial charge in [-0.2, -0.15) is 0 Å². The van der Waals surface area contributed by atoms with Crippen LogP contribution in [0, 0.1) is 0 Å². The number of aliphatic carboxylic acids is 1. The van der Waals surface area contributed by atoms with Gasteiger partial charge in [0.2, 0.25) is 11.6 Å². The lowest BCUT2D eigenvalue weighted by Crippen LogP contribution is -2.49. The van der Waals surface area contributed by atoms with Crippen molar-refractivity contribution in [1.82, 2.24) is 5.32 Å². The zero-order valence-corrected chi connectivity index (χ0v) is 6.13. The molecule has 1 atom stereocenters. The van der Waals surface area contributed by atoms with E-state index in [0.29, 0.717) is 6.42 Å². The van der Waals surface area contributed by atoms with Gasteiger partial charge in [0.05, 0.1) is 6.20 Å². The van der Waals surface area contributed by atoms with Crippen molar-refractivity contribution in [1.29, 1.82) is 0 Å². The van der Waals surface area contributed by atoms with Crippen LogP contribution in [-0.4, -0.2) is 16.9 Å². The molecule has 0 aromatic rings. The van der Waals surface area contributed by atoms with Crippen LogP contribution in [-0.2, 0) is 9.53 Å². The second-order valence-corrected chi connectivity index (χ2v) is 2.30. The molecule has 11 heavy (non-hydrogen) atoms. The third-order valence-corrected chi connectivity index (χ3v) is 1.48. The second-order valence-electron chi connectivity index (χ2n) is 2.30. The fourth-order valence-corrected chi connectivity index (χ4v) is 0.722. The summed E-state index contributed by atoms with van der Waals surface area (Å²) in [7, 11) is 0. The molecule has 0 radical (unpaired) electrons. The van der Waals surface area contributed by atoms with Crippen LogP contribution in [0.2, 0.25) is 0 Å². The number of nitrogens with two attached hydrogens (primary N) is 1. The maximum atomic E-state index is 10.3. The highest BCUT2D eigenvalue weighted by Crippen LogP contribution is 2.16. The Morgan fingerprint density at radius 1 is 2.00 bits per heavy atom. The van der Waals surface area contributed by atoms with E-state index in [9.17, 15) is 4.79 Å². The van der Waals surface area contributed by atoms with Gasteiger partial charge in [0.15, 0.2) is 0 Å². The van der Waals surface area contributed by atoms with Crippen molar-refractivity contribution in [3.63, 3.8) is 0 Å². The van der Waals surface area contributed by atoms with Crippen LogP contribution in [0.1, 0.15) is 13.3 Å². The summed E-state index contributed by atoms with van der Waals surface area (Å²) < 4.78 is 4.89. The fourth-order valence-electron chi connectivity index (χ4n) is 0.722. The Kier molecular flexibility index (Phi) is 1.74. The molecule has 0 amide bonds. The number of carboxylic acid groups (broad SMARTS) is 1. The van der Waals surface area contributed by atoms with Gasteiger partial charge in [-0.25, -0.2) is 4.79 Å². The van der Waals surface area contributed by atoms with Crippen LogP contribution in [0.15, 0.2) is 12.0 Å². The highest BCUT2D eigenvalue weighted by Gasteiger charge is 2.32. The normalized spacial score (nSPS) is 28.7. The number of carbonyl (C=O) groups is 1. The van der Waals surface area contributed by atoms with Crippen LogP contribution >= 0.6 is 0 Å². The molecule has 4 N–H and O–H groups in total. The fraction of sp³-hybridized carbons (Fsp3) is 0.500. The zero-order chi connectivity index (χ0) is 8.48. The van der Waals surface area contributed by atoms with Gasteiger partial charge in [-0.3, -0.25) is 5.73 Å². The molecule has 0 saturated heterocycles. The van der Waals surface area contributed by atoms with Crippen LogP contribution in [0.4, 0.5) is 0 Å². The molecule has 0 spiro atoms. The largest absolute Gasteiger partial charge is 0.475 e. The van der Waals surface area contributed by atoms with E-state index in [2.05, 4.69) is 5.32 Å². The van der Waals surface area contributed by atoms with Gasteiger partial charge in [0, 0.05) is 6.42 Å². The summed E-state index contributed by atoms with van der Waals surface area (Å²) in [4.78, 5) is 10.3. The molecule has 0 aliphatic carbocycles. The van der Waals surface area contributed by atoms with Gasteiger partial charge >= 0.3 is 5.97 Å². The van der Waals surface area contributed by atoms with Crippen molar-refractivity contribution < 1.29 is 14.6 Å². The molecule has 0 saturated carbocycles. The van der Waals surface area contributed by atoms with E-state index in [1.807, 2.05) is 0 Å². The molecule has 5 heteroatoms. The minimum atomic E-state index is -1.11. The van der Waals surface area contributed by atoms with E-state index in [-0.39, 0.29) is 5.76 Å². The summed E-state index contributed by atoms with van der Waals surface area (Å²) in [6.07, 6.45) is 1.76. The van der Waals surface area contributed by atoms with E-state index in [1.165, 1.54) is 6.20 Å². The smallest absolute Gasteiger partial charge is 0.372 e. The van der Waals surface area contributed by atoms with Crippen LogP contribution in [0.25, 0.3) is 0 Å². The van der Waals surface area contributed by atoms with Crippen LogP contribution in [0.5, 0.6) is 0 Å². The molecular formula is C6H10N2O3. The molecule has 0 bridgehead atoms. The number of carboxylic acids is 1. The van der Waals surface area contributed by atoms with E-state index in [4.69, 9.17) is 15.6 Å². The SMILES string of the molecule is CCC1(N)NC=C(C(=O)O)O1. The molecule has 1 rings (SSSR count). The molecule has 62 valence electrons. The van der Waals surface area contributed by atoms with Gasteiger partial charge in [-0.1, -0.05) is 6.92 Å². The average Bonchev–Trinajstić information content (AvgIpc) is 2.33. The number of rotatable bonds is 2. The Labute approximate surface area is 63.8 Å². The summed E-state index contributed by atoms with van der Waals surface area (Å²) in [5.41, 5.74) is 5.54. The number of hydrogen-bond donors (Lipinski definition) is 3. The van der Waals surface area contributed by atoms with Crippen LogP contribution < -0.4 is 11.1 Å². The standard InChI is InChI=1S/C6H10N2O3/c1-2-6(7)8-3-4(11-6)5(9)10/h3,8H,2,7H2,1H3,(H,9,10). The lowest BCUT2D eigenvalue weighted by Gasteiger charge is -2.22. The highest BCUT2D eigenvalue weighted by molar-refractivity contribution is 5.84. The first kappa shape index (κ1) is 7.87. The first-order chi connectivity index (χ1) is 5.07. The van der Waals surface area contributed by atoms with Crippen molar-refractivity contribution >= 4 is 5.97 Å². The monoisotopic (exact) mass is 158 g/mol. The Bertz CT molecular complexity index is 214. The predicted octanol–water partition coefficient (Wildman–Crippen LogP) is -0.445. The Hall–Kier alpha value is -1.23. The minimum Gasteiger partial charge on any atom is -0.475 e. The van der Waals surface area contributed by atoms with Crippen molar-refractivity contribution in [2.75, 3.05) is 0 Å². The first-order valence-electron chi connectivity index (χ1n) is 3.26. The summed E-state index contributed by atoms with van der Waals surface area (Å²) in [6.45, 7) is 1.80. The number of hydrogen-bond acceptors (Lipinski definition) is 4. The Morgan fingerprint density at radius 2 is 2.64 bits per heavy atom. The molecule has 1 heterocycles. The maximum Gasteiger partial charge on any atom is 0.372 e. The Morgan fingerprint density at radius 3 is 2.91 bits per heavy atom. The lowest BCUT2D eigenvalue weighted by molar-refractivity contribution is -0.139. The molecule has 0 fully saturated rings. The molecule has 0 aromatic carbocycles. The van der Waals surface area contributed by atoms with Gasteiger partial charge in [-0.15, -0.1) is 0 Å². The topological polar surface area (TPSA) is 84.6 Å².